The van der Waals surface area contributed by atoms with Gasteiger partial charge in [0.05, 0.1) is 6.42 Å². The van der Waals surface area contributed by atoms with Crippen LogP contribution in [0.4, 0.5) is 4.79 Å². The van der Waals surface area contributed by atoms with E-state index in [1.54, 1.807) is 0 Å². The van der Waals surface area contributed by atoms with E-state index in [9.17, 15) is 9.59 Å². The zero-order valence-corrected chi connectivity index (χ0v) is 10.1. The minimum absolute atomic E-state index is 0.0528. The van der Waals surface area contributed by atoms with E-state index in [0.717, 1.165) is 0 Å². The largest absolute Gasteiger partial charge is 0.435 e. The molecule has 0 aromatic rings. The van der Waals surface area contributed by atoms with Crippen molar-refractivity contribution in [2.24, 2.45) is 0 Å². The molecule has 0 radical (unpaired) electrons. The van der Waals surface area contributed by atoms with Gasteiger partial charge in [-0.2, -0.15) is 0 Å². The van der Waals surface area contributed by atoms with Crippen LogP contribution in [0.2, 0.25) is 0 Å². The van der Waals surface area contributed by atoms with Crippen molar-refractivity contribution in [1.82, 2.24) is 10.6 Å². The summed E-state index contributed by atoms with van der Waals surface area (Å²) in [6, 6.07) is 0. The number of likely N-dealkylation sites (N-methyl/N-ethyl adjacent to an activating group) is 1. The molecule has 2 amide bonds. The first-order valence-electron chi connectivity index (χ1n) is 4.94. The summed E-state index contributed by atoms with van der Waals surface area (Å²) in [4.78, 5) is 22.7. The maximum atomic E-state index is 11.4. The van der Waals surface area contributed by atoms with E-state index in [1.807, 2.05) is 20.8 Å². The molecule has 5 heteroatoms. The van der Waals surface area contributed by atoms with Crippen molar-refractivity contribution in [2.75, 3.05) is 7.05 Å². The van der Waals surface area contributed by atoms with Gasteiger partial charge in [-0.05, 0) is 20.8 Å². The molecule has 0 bridgehead atoms. The van der Waals surface area contributed by atoms with Crippen LogP contribution in [0, 0.1) is 12.3 Å². The van der Waals surface area contributed by atoms with E-state index in [0.29, 0.717) is 0 Å². The van der Waals surface area contributed by atoms with Crippen LogP contribution >= 0.6 is 0 Å². The number of nitrogens with one attached hydrogen (secondary N) is 2. The first kappa shape index (κ1) is 14.3. The van der Waals surface area contributed by atoms with Gasteiger partial charge in [-0.1, -0.05) is 0 Å². The van der Waals surface area contributed by atoms with Gasteiger partial charge in [0.25, 0.3) is 5.91 Å². The van der Waals surface area contributed by atoms with E-state index in [-0.39, 0.29) is 6.42 Å². The van der Waals surface area contributed by atoms with Crippen LogP contribution in [-0.2, 0) is 9.53 Å². The van der Waals surface area contributed by atoms with Crippen molar-refractivity contribution in [3.8, 4) is 12.3 Å². The molecule has 0 saturated heterocycles. The van der Waals surface area contributed by atoms with E-state index in [2.05, 4.69) is 16.6 Å². The Labute approximate surface area is 95.9 Å². The third-order valence-electron chi connectivity index (χ3n) is 1.57. The predicted molar refractivity (Wildman–Crippen MR) is 60.7 cm³/mol. The van der Waals surface area contributed by atoms with Crippen molar-refractivity contribution >= 4 is 12.0 Å². The molecule has 0 spiro atoms. The van der Waals surface area contributed by atoms with Crippen molar-refractivity contribution < 1.29 is 14.3 Å². The van der Waals surface area contributed by atoms with Crippen LogP contribution in [0.25, 0.3) is 0 Å². The van der Waals surface area contributed by atoms with Gasteiger partial charge in [0.1, 0.15) is 0 Å². The molecule has 0 unspecified atom stereocenters. The van der Waals surface area contributed by atoms with Crippen LogP contribution in [0.1, 0.15) is 27.2 Å². The SMILES string of the molecule is C#CC[C@H](OC(=O)NC(C)(C)C)C(=O)NC. The smallest absolute Gasteiger partial charge is 0.408 e. The van der Waals surface area contributed by atoms with Gasteiger partial charge in [-0.3, -0.25) is 4.79 Å². The Hall–Kier alpha value is -1.70. The molecule has 0 saturated carbocycles. The Morgan fingerprint density at radius 1 is 1.44 bits per heavy atom. The van der Waals surface area contributed by atoms with Crippen LogP contribution < -0.4 is 10.6 Å². The van der Waals surface area contributed by atoms with Crippen LogP contribution in [-0.4, -0.2) is 30.7 Å². The number of carbonyl (C=O) groups excluding carboxylic acids is 2. The Balaban J connectivity index is 4.36. The van der Waals surface area contributed by atoms with Crippen LogP contribution in [0.15, 0.2) is 0 Å². The summed E-state index contributed by atoms with van der Waals surface area (Å²) in [6.45, 7) is 5.43. The van der Waals surface area contributed by atoms with E-state index < -0.39 is 23.6 Å². The molecule has 0 aromatic carbocycles. The quantitative estimate of drug-likeness (QED) is 0.694. The summed E-state index contributed by atoms with van der Waals surface area (Å²) in [7, 11) is 1.46. The lowest BCUT2D eigenvalue weighted by Gasteiger charge is -2.22. The molecule has 0 aliphatic carbocycles. The minimum Gasteiger partial charge on any atom is -0.435 e. The Bertz CT molecular complexity index is 299. The van der Waals surface area contributed by atoms with Crippen molar-refractivity contribution in [3.63, 3.8) is 0 Å². The summed E-state index contributed by atoms with van der Waals surface area (Å²) in [6.07, 6.45) is 3.53. The number of amides is 2. The molecule has 0 rings (SSSR count). The van der Waals surface area contributed by atoms with Crippen molar-refractivity contribution in [1.29, 1.82) is 0 Å². The Morgan fingerprint density at radius 2 is 2.00 bits per heavy atom. The topological polar surface area (TPSA) is 67.4 Å². The third-order valence-corrected chi connectivity index (χ3v) is 1.57. The first-order valence-corrected chi connectivity index (χ1v) is 4.94. The van der Waals surface area contributed by atoms with Gasteiger partial charge < -0.3 is 15.4 Å². The highest BCUT2D eigenvalue weighted by Crippen LogP contribution is 2.03. The van der Waals surface area contributed by atoms with Gasteiger partial charge in [-0.25, -0.2) is 4.79 Å². The monoisotopic (exact) mass is 226 g/mol. The highest BCUT2D eigenvalue weighted by Gasteiger charge is 2.23. The maximum absolute atomic E-state index is 11.4. The lowest BCUT2D eigenvalue weighted by Crippen LogP contribution is -2.45. The normalized spacial score (nSPS) is 12.2. The fraction of sp³-hybridized carbons (Fsp3) is 0.636. The van der Waals surface area contributed by atoms with E-state index in [1.165, 1.54) is 7.05 Å². The number of carbonyl (C=O) groups is 2. The number of rotatable bonds is 3. The standard InChI is InChI=1S/C11H18N2O3/c1-6-7-8(9(14)12-5)16-10(15)13-11(2,3)4/h1,8H,7H2,2-5H3,(H,12,14)(H,13,15)/t8-/m0/s1. The number of alkyl carbamates (subject to hydrolysis) is 1. The second-order valence-electron chi connectivity index (χ2n) is 4.29. The van der Waals surface area contributed by atoms with Crippen LogP contribution in [0.3, 0.4) is 0 Å². The summed E-state index contributed by atoms with van der Waals surface area (Å²) in [5.74, 6) is 1.87. The van der Waals surface area contributed by atoms with Gasteiger partial charge in [0.15, 0.2) is 6.10 Å². The summed E-state index contributed by atoms with van der Waals surface area (Å²) >= 11 is 0. The van der Waals surface area contributed by atoms with Crippen molar-refractivity contribution in [2.45, 2.75) is 38.8 Å². The second-order valence-corrected chi connectivity index (χ2v) is 4.29. The van der Waals surface area contributed by atoms with E-state index >= 15 is 0 Å². The zero-order valence-electron chi connectivity index (χ0n) is 10.1. The van der Waals surface area contributed by atoms with Gasteiger partial charge in [0, 0.05) is 12.6 Å². The second kappa shape index (κ2) is 6.01. The minimum atomic E-state index is -0.947. The third kappa shape index (κ3) is 5.91. The fourth-order valence-corrected chi connectivity index (χ4v) is 0.921. The predicted octanol–water partition coefficient (Wildman–Crippen LogP) is 0.649. The van der Waals surface area contributed by atoms with Crippen LogP contribution in [0.5, 0.6) is 0 Å². The van der Waals surface area contributed by atoms with E-state index in [4.69, 9.17) is 11.2 Å². The molecular weight excluding hydrogens is 208 g/mol. The highest BCUT2D eigenvalue weighted by atomic mass is 16.6. The first-order chi connectivity index (χ1) is 7.30. The molecule has 5 nitrogen and oxygen atoms in total. The lowest BCUT2D eigenvalue weighted by molar-refractivity contribution is -0.128. The molecule has 0 aliphatic heterocycles. The average molecular weight is 226 g/mol. The van der Waals surface area contributed by atoms with Gasteiger partial charge in [0.2, 0.25) is 0 Å². The summed E-state index contributed by atoms with van der Waals surface area (Å²) < 4.78 is 4.92. The molecule has 1 atom stereocenters. The fourth-order valence-electron chi connectivity index (χ4n) is 0.921. The lowest BCUT2D eigenvalue weighted by atomic mass is 10.1. The Kier molecular flexibility index (Phi) is 5.37. The average Bonchev–Trinajstić information content (AvgIpc) is 2.13. The highest BCUT2D eigenvalue weighted by molar-refractivity contribution is 5.83. The molecular formula is C11H18N2O3. The molecule has 0 aliphatic rings. The molecule has 0 heterocycles. The molecule has 0 aromatic heterocycles. The number of ether oxygens (including phenoxy) is 1. The number of terminal acetylenes is 1. The summed E-state index contributed by atoms with van der Waals surface area (Å²) in [5.41, 5.74) is -0.416. The molecule has 90 valence electrons. The van der Waals surface area contributed by atoms with Crippen molar-refractivity contribution in [3.05, 3.63) is 0 Å². The summed E-state index contributed by atoms with van der Waals surface area (Å²) in [5, 5.41) is 4.96. The van der Waals surface area contributed by atoms with Gasteiger partial charge >= 0.3 is 6.09 Å². The molecule has 0 fully saturated rings. The molecule has 16 heavy (non-hydrogen) atoms. The Morgan fingerprint density at radius 3 is 2.38 bits per heavy atom. The molecule has 2 N–H and O–H groups in total. The number of hydrogen-bond donors (Lipinski definition) is 2. The van der Waals surface area contributed by atoms with Gasteiger partial charge in [-0.15, -0.1) is 12.3 Å². The maximum Gasteiger partial charge on any atom is 0.408 e. The number of hydrogen-bond acceptors (Lipinski definition) is 3. The zero-order chi connectivity index (χ0) is 12.8.